The van der Waals surface area contributed by atoms with Crippen LogP contribution in [0.4, 0.5) is 0 Å². The zero-order chi connectivity index (χ0) is 14.2. The molecular formula is C19H27N. The maximum absolute atomic E-state index is 8.84. The number of nitrogens with zero attached hydrogens (tertiary/aromatic N) is 1. The van der Waals surface area contributed by atoms with E-state index in [-0.39, 0.29) is 0 Å². The van der Waals surface area contributed by atoms with E-state index in [1.54, 1.807) is 0 Å². The highest BCUT2D eigenvalue weighted by atomic mass is 14.3. The Bertz CT molecular complexity index is 418. The Balaban J connectivity index is 1.74. The zero-order valence-corrected chi connectivity index (χ0v) is 12.8. The lowest BCUT2D eigenvalue weighted by molar-refractivity contribution is 0.302. The van der Waals surface area contributed by atoms with Gasteiger partial charge in [-0.15, -0.1) is 0 Å². The van der Waals surface area contributed by atoms with Gasteiger partial charge >= 0.3 is 0 Å². The topological polar surface area (TPSA) is 23.8 Å². The van der Waals surface area contributed by atoms with Crippen LogP contribution < -0.4 is 0 Å². The Hall–Kier alpha value is -1.29. The van der Waals surface area contributed by atoms with Crippen LogP contribution in [0.5, 0.6) is 0 Å². The Morgan fingerprint density at radius 3 is 2.30 bits per heavy atom. The molecule has 0 saturated heterocycles. The van der Waals surface area contributed by atoms with Gasteiger partial charge in [-0.3, -0.25) is 0 Å². The molecule has 1 aromatic carbocycles. The first kappa shape index (κ1) is 15.1. The Kier molecular flexibility index (Phi) is 6.12. The Morgan fingerprint density at radius 1 is 1.00 bits per heavy atom. The van der Waals surface area contributed by atoms with Crippen LogP contribution in [0.2, 0.25) is 0 Å². The summed E-state index contributed by atoms with van der Waals surface area (Å²) in [5.74, 6) is 1.70. The van der Waals surface area contributed by atoms with Crippen molar-refractivity contribution in [2.45, 2.75) is 70.6 Å². The highest BCUT2D eigenvalue weighted by molar-refractivity contribution is 5.33. The van der Waals surface area contributed by atoms with Crippen LogP contribution in [-0.4, -0.2) is 0 Å². The maximum Gasteiger partial charge on any atom is 0.0991 e. The van der Waals surface area contributed by atoms with Gasteiger partial charge in [0.1, 0.15) is 0 Å². The van der Waals surface area contributed by atoms with Crippen LogP contribution >= 0.6 is 0 Å². The summed E-state index contributed by atoms with van der Waals surface area (Å²) < 4.78 is 0. The van der Waals surface area contributed by atoms with Crippen molar-refractivity contribution < 1.29 is 0 Å². The van der Waals surface area contributed by atoms with Crippen molar-refractivity contribution in [3.63, 3.8) is 0 Å². The van der Waals surface area contributed by atoms with Gasteiger partial charge in [-0.1, -0.05) is 51.2 Å². The van der Waals surface area contributed by atoms with Crippen molar-refractivity contribution in [3.8, 4) is 6.07 Å². The monoisotopic (exact) mass is 269 g/mol. The molecule has 20 heavy (non-hydrogen) atoms. The number of unbranched alkanes of at least 4 members (excludes halogenated alkanes) is 3. The van der Waals surface area contributed by atoms with Crippen molar-refractivity contribution in [2.24, 2.45) is 5.92 Å². The molecular weight excluding hydrogens is 242 g/mol. The van der Waals surface area contributed by atoms with Crippen LogP contribution in [-0.2, 0) is 0 Å². The van der Waals surface area contributed by atoms with Crippen molar-refractivity contribution in [1.82, 2.24) is 0 Å². The van der Waals surface area contributed by atoms with Gasteiger partial charge in [0.2, 0.25) is 0 Å². The normalized spacial score (nSPS) is 22.4. The molecule has 0 N–H and O–H groups in total. The summed E-state index contributed by atoms with van der Waals surface area (Å²) in [5.41, 5.74) is 2.21. The third-order valence-corrected chi connectivity index (χ3v) is 4.82. The van der Waals surface area contributed by atoms with Gasteiger partial charge in [0.25, 0.3) is 0 Å². The van der Waals surface area contributed by atoms with Crippen molar-refractivity contribution >= 4 is 0 Å². The molecule has 2 rings (SSSR count). The molecule has 1 aliphatic rings. The van der Waals surface area contributed by atoms with Crippen LogP contribution in [0, 0.1) is 17.2 Å². The second-order valence-electron chi connectivity index (χ2n) is 6.30. The van der Waals surface area contributed by atoms with Crippen molar-refractivity contribution in [2.75, 3.05) is 0 Å². The third kappa shape index (κ3) is 4.37. The number of hydrogen-bond acceptors (Lipinski definition) is 1. The van der Waals surface area contributed by atoms with E-state index >= 15 is 0 Å². The number of nitriles is 1. The molecule has 0 aliphatic heterocycles. The number of benzene rings is 1. The SMILES string of the molecule is CCCCCC[C@H]1CC[C@H](c2ccc(C#N)cc2)CC1. The average Bonchev–Trinajstić information content (AvgIpc) is 2.52. The fourth-order valence-corrected chi connectivity index (χ4v) is 3.47. The molecule has 1 aliphatic carbocycles. The molecule has 0 amide bonds. The predicted octanol–water partition coefficient (Wildman–Crippen LogP) is 5.80. The van der Waals surface area contributed by atoms with Crippen LogP contribution in [0.15, 0.2) is 24.3 Å². The third-order valence-electron chi connectivity index (χ3n) is 4.82. The molecule has 0 unspecified atom stereocenters. The van der Waals surface area contributed by atoms with Gasteiger partial charge in [-0.2, -0.15) is 5.26 Å². The highest BCUT2D eigenvalue weighted by Gasteiger charge is 2.21. The Labute approximate surface area is 124 Å². The van der Waals surface area contributed by atoms with Gasteiger partial charge in [-0.25, -0.2) is 0 Å². The first-order chi connectivity index (χ1) is 9.83. The summed E-state index contributed by atoms with van der Waals surface area (Å²) in [5, 5.41) is 8.84. The lowest BCUT2D eigenvalue weighted by atomic mass is 9.77. The number of hydrogen-bond donors (Lipinski definition) is 0. The quantitative estimate of drug-likeness (QED) is 0.598. The van der Waals surface area contributed by atoms with E-state index in [0.717, 1.165) is 17.4 Å². The summed E-state index contributed by atoms with van der Waals surface area (Å²) in [6.45, 7) is 2.28. The van der Waals surface area contributed by atoms with E-state index in [1.807, 2.05) is 12.1 Å². The summed E-state index contributed by atoms with van der Waals surface area (Å²) in [4.78, 5) is 0. The van der Waals surface area contributed by atoms with E-state index in [2.05, 4.69) is 25.1 Å². The van der Waals surface area contributed by atoms with Crippen LogP contribution in [0.25, 0.3) is 0 Å². The second kappa shape index (κ2) is 8.10. The predicted molar refractivity (Wildman–Crippen MR) is 84.6 cm³/mol. The minimum Gasteiger partial charge on any atom is -0.192 e. The average molecular weight is 269 g/mol. The smallest absolute Gasteiger partial charge is 0.0991 e. The molecule has 1 heteroatoms. The van der Waals surface area contributed by atoms with E-state index in [0.29, 0.717) is 0 Å². The number of rotatable bonds is 6. The second-order valence-corrected chi connectivity index (χ2v) is 6.30. The van der Waals surface area contributed by atoms with Gasteiger partial charge in [0, 0.05) is 0 Å². The molecule has 0 atom stereocenters. The largest absolute Gasteiger partial charge is 0.192 e. The first-order valence-electron chi connectivity index (χ1n) is 8.33. The van der Waals surface area contributed by atoms with E-state index < -0.39 is 0 Å². The minimum atomic E-state index is 0.731. The molecule has 0 spiro atoms. The molecule has 1 fully saturated rings. The van der Waals surface area contributed by atoms with Crippen molar-refractivity contribution in [1.29, 1.82) is 5.26 Å². The van der Waals surface area contributed by atoms with Crippen LogP contribution in [0.3, 0.4) is 0 Å². The molecule has 0 bridgehead atoms. The minimum absolute atomic E-state index is 0.731. The fourth-order valence-electron chi connectivity index (χ4n) is 3.47. The highest BCUT2D eigenvalue weighted by Crippen LogP contribution is 2.37. The molecule has 0 radical (unpaired) electrons. The van der Waals surface area contributed by atoms with Gasteiger partial charge < -0.3 is 0 Å². The van der Waals surface area contributed by atoms with E-state index in [4.69, 9.17) is 5.26 Å². The summed E-state index contributed by atoms with van der Waals surface area (Å²) in [6.07, 6.45) is 12.5. The maximum atomic E-state index is 8.84. The summed E-state index contributed by atoms with van der Waals surface area (Å²) >= 11 is 0. The zero-order valence-electron chi connectivity index (χ0n) is 12.8. The van der Waals surface area contributed by atoms with Crippen LogP contribution in [0.1, 0.15) is 81.8 Å². The molecule has 1 nitrogen and oxygen atoms in total. The van der Waals surface area contributed by atoms with E-state index in [1.165, 1.54) is 63.4 Å². The van der Waals surface area contributed by atoms with Gasteiger partial charge in [0.15, 0.2) is 0 Å². The lowest BCUT2D eigenvalue weighted by Gasteiger charge is -2.29. The summed E-state index contributed by atoms with van der Waals surface area (Å²) in [7, 11) is 0. The molecule has 1 saturated carbocycles. The molecule has 1 aromatic rings. The van der Waals surface area contributed by atoms with Gasteiger partial charge in [-0.05, 0) is 55.2 Å². The first-order valence-corrected chi connectivity index (χ1v) is 8.33. The lowest BCUT2D eigenvalue weighted by Crippen LogP contribution is -2.13. The Morgan fingerprint density at radius 2 is 1.70 bits per heavy atom. The standard InChI is InChI=1S/C19H27N/c1-2-3-4-5-6-16-7-11-18(12-8-16)19-13-9-17(15-20)10-14-19/h9-10,13-14,16,18H,2-8,11-12H2,1H3/t16-,18-. The van der Waals surface area contributed by atoms with Crippen molar-refractivity contribution in [3.05, 3.63) is 35.4 Å². The van der Waals surface area contributed by atoms with E-state index in [9.17, 15) is 0 Å². The van der Waals surface area contributed by atoms with Gasteiger partial charge in [0.05, 0.1) is 11.6 Å². The molecule has 108 valence electrons. The fraction of sp³-hybridized carbons (Fsp3) is 0.632. The summed E-state index contributed by atoms with van der Waals surface area (Å²) in [6, 6.07) is 10.4. The molecule has 0 aromatic heterocycles. The molecule has 0 heterocycles.